The van der Waals surface area contributed by atoms with Gasteiger partial charge in [-0.2, -0.15) is 0 Å². The van der Waals surface area contributed by atoms with E-state index in [1.807, 2.05) is 5.32 Å². The molecule has 33 heavy (non-hydrogen) atoms. The molecule has 15 nitrogen and oxygen atoms in total. The van der Waals surface area contributed by atoms with Crippen molar-refractivity contribution in [1.29, 1.82) is 0 Å². The normalized spacial score (nSPS) is 14.3. The third-order valence-electron chi connectivity index (χ3n) is 4.28. The van der Waals surface area contributed by atoms with E-state index in [2.05, 4.69) is 10.6 Å². The highest BCUT2D eigenvalue weighted by Gasteiger charge is 2.32. The Morgan fingerprint density at radius 3 is 1.70 bits per heavy atom. The molecule has 4 amide bonds. The summed E-state index contributed by atoms with van der Waals surface area (Å²) in [6.07, 6.45) is -2.55. The van der Waals surface area contributed by atoms with Gasteiger partial charge in [0.15, 0.2) is 0 Å². The summed E-state index contributed by atoms with van der Waals surface area (Å²) in [6.45, 7) is 3.02. The van der Waals surface area contributed by atoms with E-state index in [1.165, 1.54) is 13.8 Å². The molecule has 186 valence electrons. The number of primary amides is 1. The largest absolute Gasteiger partial charge is 0.481 e. The summed E-state index contributed by atoms with van der Waals surface area (Å²) in [5, 5.41) is 33.5. The second-order valence-electron chi connectivity index (χ2n) is 7.50. The molecule has 0 aliphatic carbocycles. The van der Waals surface area contributed by atoms with Gasteiger partial charge < -0.3 is 42.7 Å². The number of carbonyl (C=O) groups excluding carboxylic acids is 4. The molecule has 15 heteroatoms. The van der Waals surface area contributed by atoms with Crippen LogP contribution >= 0.6 is 0 Å². The van der Waals surface area contributed by atoms with Gasteiger partial charge in [-0.3, -0.25) is 28.8 Å². The Hall–Kier alpha value is -3.75. The first-order chi connectivity index (χ1) is 15.1. The molecule has 0 bridgehead atoms. The highest BCUT2D eigenvalue weighted by atomic mass is 16.4. The van der Waals surface area contributed by atoms with Gasteiger partial charge >= 0.3 is 17.9 Å². The summed E-state index contributed by atoms with van der Waals surface area (Å²) in [4.78, 5) is 81.5. The van der Waals surface area contributed by atoms with Crippen molar-refractivity contribution in [3.63, 3.8) is 0 Å². The number of nitrogens with one attached hydrogen (secondary N) is 3. The minimum Gasteiger partial charge on any atom is -0.481 e. The first-order valence-electron chi connectivity index (χ1n) is 9.77. The van der Waals surface area contributed by atoms with E-state index in [0.29, 0.717) is 0 Å². The molecule has 0 aromatic heterocycles. The molecule has 0 aromatic carbocycles. The van der Waals surface area contributed by atoms with Gasteiger partial charge in [-0.1, -0.05) is 13.8 Å². The van der Waals surface area contributed by atoms with Crippen LogP contribution in [0.25, 0.3) is 0 Å². The first-order valence-corrected chi connectivity index (χ1v) is 9.77. The van der Waals surface area contributed by atoms with E-state index in [4.69, 9.17) is 21.7 Å². The number of carboxylic acids is 3. The molecule has 4 unspecified atom stereocenters. The van der Waals surface area contributed by atoms with Crippen molar-refractivity contribution in [2.45, 2.75) is 63.7 Å². The summed E-state index contributed by atoms with van der Waals surface area (Å²) in [5.41, 5.74) is 10.4. The number of amides is 4. The lowest BCUT2D eigenvalue weighted by Gasteiger charge is -2.25. The first kappa shape index (κ1) is 29.2. The Labute approximate surface area is 188 Å². The van der Waals surface area contributed by atoms with Crippen LogP contribution in [0.4, 0.5) is 0 Å². The van der Waals surface area contributed by atoms with Crippen LogP contribution in [-0.2, 0) is 33.6 Å². The zero-order valence-electron chi connectivity index (χ0n) is 18.1. The fraction of sp³-hybridized carbons (Fsp3) is 0.611. The molecule has 0 aromatic rings. The summed E-state index contributed by atoms with van der Waals surface area (Å²) in [7, 11) is 0. The van der Waals surface area contributed by atoms with Gasteiger partial charge in [0.25, 0.3) is 0 Å². The van der Waals surface area contributed by atoms with Gasteiger partial charge in [-0.25, -0.2) is 4.79 Å². The van der Waals surface area contributed by atoms with Crippen LogP contribution in [0.3, 0.4) is 0 Å². The van der Waals surface area contributed by atoms with Crippen molar-refractivity contribution in [2.24, 2.45) is 17.4 Å². The molecule has 4 atom stereocenters. The van der Waals surface area contributed by atoms with E-state index < -0.39 is 97.3 Å². The maximum atomic E-state index is 12.6. The molecule has 10 N–H and O–H groups in total. The van der Waals surface area contributed by atoms with Gasteiger partial charge in [0.2, 0.25) is 23.6 Å². The average Bonchev–Trinajstić information content (AvgIpc) is 2.66. The van der Waals surface area contributed by atoms with Crippen molar-refractivity contribution < 1.29 is 48.9 Å². The van der Waals surface area contributed by atoms with Gasteiger partial charge in [-0.05, 0) is 12.3 Å². The summed E-state index contributed by atoms with van der Waals surface area (Å²) < 4.78 is 0. The van der Waals surface area contributed by atoms with Crippen LogP contribution in [0.1, 0.15) is 39.5 Å². The smallest absolute Gasteiger partial charge is 0.326 e. The van der Waals surface area contributed by atoms with Crippen LogP contribution in [-0.4, -0.2) is 81.0 Å². The third kappa shape index (κ3) is 11.4. The topological polar surface area (TPSA) is 268 Å². The van der Waals surface area contributed by atoms with E-state index in [-0.39, 0.29) is 0 Å². The molecule has 0 saturated carbocycles. The minimum atomic E-state index is -1.74. The average molecular weight is 475 g/mol. The standard InChI is InChI=1S/C18H29N5O10/c1-7(2)14(18(32)33)23-16(30)9(3-4-12(25)26)21-17(31)10(6-13(27)28)22-15(29)8(19)5-11(20)24/h7-10,14H,3-6,19H2,1-2H3,(H2,20,24)(H,21,31)(H,22,29)(H,23,30)(H,25,26)(H,27,28)(H,32,33). The number of aliphatic carboxylic acids is 3. The predicted molar refractivity (Wildman–Crippen MR) is 109 cm³/mol. The molecule has 0 fully saturated rings. The molecular weight excluding hydrogens is 446 g/mol. The van der Waals surface area contributed by atoms with E-state index in [1.54, 1.807) is 0 Å². The molecule has 0 rings (SSSR count). The maximum absolute atomic E-state index is 12.6. The summed E-state index contributed by atoms with van der Waals surface area (Å²) in [5.74, 6) is -8.89. The molecule has 0 saturated heterocycles. The van der Waals surface area contributed by atoms with Gasteiger partial charge in [0.05, 0.1) is 18.9 Å². The van der Waals surface area contributed by atoms with Crippen molar-refractivity contribution in [2.75, 3.05) is 0 Å². The number of hydrogen-bond donors (Lipinski definition) is 8. The lowest BCUT2D eigenvalue weighted by atomic mass is 10.0. The lowest BCUT2D eigenvalue weighted by Crippen LogP contribution is -2.58. The fourth-order valence-electron chi connectivity index (χ4n) is 2.55. The van der Waals surface area contributed by atoms with Gasteiger partial charge in [0.1, 0.15) is 18.1 Å². The SMILES string of the molecule is CC(C)C(NC(=O)C(CCC(=O)O)NC(=O)C(CC(=O)O)NC(=O)C(N)CC(N)=O)C(=O)O. The summed E-state index contributed by atoms with van der Waals surface area (Å²) >= 11 is 0. The Bertz CT molecular complexity index is 785. The maximum Gasteiger partial charge on any atom is 0.326 e. The van der Waals surface area contributed by atoms with Crippen molar-refractivity contribution in [3.8, 4) is 0 Å². The number of nitrogens with two attached hydrogens (primary N) is 2. The Morgan fingerprint density at radius 2 is 1.27 bits per heavy atom. The highest BCUT2D eigenvalue weighted by molar-refractivity contribution is 5.96. The Kier molecular flexibility index (Phi) is 12.1. The quantitative estimate of drug-likeness (QED) is 0.116. The second-order valence-corrected chi connectivity index (χ2v) is 7.50. The molecule has 0 spiro atoms. The van der Waals surface area contributed by atoms with Gasteiger partial charge in [0, 0.05) is 6.42 Å². The van der Waals surface area contributed by atoms with Crippen LogP contribution < -0.4 is 27.4 Å². The molecule has 0 heterocycles. The van der Waals surface area contributed by atoms with E-state index >= 15 is 0 Å². The molecule has 0 aliphatic heterocycles. The zero-order chi connectivity index (χ0) is 25.9. The predicted octanol–water partition coefficient (Wildman–Crippen LogP) is -3.28. The number of rotatable bonds is 15. The van der Waals surface area contributed by atoms with E-state index in [0.717, 1.165) is 0 Å². The van der Waals surface area contributed by atoms with Crippen LogP contribution in [0.2, 0.25) is 0 Å². The van der Waals surface area contributed by atoms with Crippen LogP contribution in [0, 0.1) is 5.92 Å². The lowest BCUT2D eigenvalue weighted by molar-refractivity contribution is -0.144. The van der Waals surface area contributed by atoms with Crippen molar-refractivity contribution >= 4 is 41.5 Å². The molecule has 0 radical (unpaired) electrons. The number of carbonyl (C=O) groups is 7. The number of hydrogen-bond acceptors (Lipinski definition) is 8. The molecular formula is C18H29N5O10. The van der Waals surface area contributed by atoms with Gasteiger partial charge in [-0.15, -0.1) is 0 Å². The van der Waals surface area contributed by atoms with Crippen LogP contribution in [0.15, 0.2) is 0 Å². The Morgan fingerprint density at radius 1 is 0.758 bits per heavy atom. The minimum absolute atomic E-state index is 0.452. The summed E-state index contributed by atoms with van der Waals surface area (Å²) in [6, 6.07) is -6.11. The highest BCUT2D eigenvalue weighted by Crippen LogP contribution is 2.06. The van der Waals surface area contributed by atoms with E-state index in [9.17, 15) is 38.7 Å². The molecule has 0 aliphatic rings. The van der Waals surface area contributed by atoms with Crippen LogP contribution in [0.5, 0.6) is 0 Å². The fourth-order valence-corrected chi connectivity index (χ4v) is 2.55. The third-order valence-corrected chi connectivity index (χ3v) is 4.28. The number of carboxylic acid groups (broad SMARTS) is 3. The van der Waals surface area contributed by atoms with Crippen molar-refractivity contribution in [1.82, 2.24) is 16.0 Å². The second kappa shape index (κ2) is 13.6. The Balaban J connectivity index is 5.60. The van der Waals surface area contributed by atoms with Crippen molar-refractivity contribution in [3.05, 3.63) is 0 Å². The zero-order valence-corrected chi connectivity index (χ0v) is 18.1. The monoisotopic (exact) mass is 475 g/mol.